The van der Waals surface area contributed by atoms with Crippen molar-refractivity contribution in [3.05, 3.63) is 11.9 Å². The predicted molar refractivity (Wildman–Crippen MR) is 83.2 cm³/mol. The van der Waals surface area contributed by atoms with Gasteiger partial charge in [-0.15, -0.1) is 0 Å². The maximum atomic E-state index is 4.67. The molecule has 2 aliphatic carbocycles. The second-order valence-corrected chi connectivity index (χ2v) is 6.21. The molecule has 4 nitrogen and oxygen atoms in total. The normalized spacial score (nSPS) is 18.1. The molecule has 0 unspecified atom stereocenters. The number of hydrogen-bond donors (Lipinski definition) is 2. The highest BCUT2D eigenvalue weighted by Crippen LogP contribution is 2.39. The van der Waals surface area contributed by atoms with Gasteiger partial charge < -0.3 is 10.6 Å². The van der Waals surface area contributed by atoms with E-state index in [2.05, 4.69) is 33.6 Å². The molecule has 2 aliphatic rings. The number of rotatable bonds is 9. The van der Waals surface area contributed by atoms with Gasteiger partial charge in [-0.05, 0) is 38.0 Å². The van der Waals surface area contributed by atoms with Gasteiger partial charge in [-0.3, -0.25) is 0 Å². The molecule has 4 heteroatoms. The standard InChI is InChI=1S/C16H26N4/c1-2-9-17-14-11-15(18-10-3-4-12-5-6-12)20-16(19-14)13-7-8-13/h11-13H,2-10H2,1H3,(H2,17,18,19,20). The minimum Gasteiger partial charge on any atom is -0.370 e. The molecule has 110 valence electrons. The van der Waals surface area contributed by atoms with Crippen molar-refractivity contribution < 1.29 is 0 Å². The van der Waals surface area contributed by atoms with Crippen LogP contribution in [0.25, 0.3) is 0 Å². The lowest BCUT2D eigenvalue weighted by atomic mass is 10.2. The number of nitrogens with zero attached hydrogens (tertiary/aromatic N) is 2. The lowest BCUT2D eigenvalue weighted by Gasteiger charge is -2.10. The average molecular weight is 274 g/mol. The third-order valence-corrected chi connectivity index (χ3v) is 4.03. The van der Waals surface area contributed by atoms with Crippen LogP contribution in [0.15, 0.2) is 6.07 Å². The molecule has 0 aromatic carbocycles. The molecule has 0 radical (unpaired) electrons. The number of anilines is 2. The monoisotopic (exact) mass is 274 g/mol. The third-order valence-electron chi connectivity index (χ3n) is 4.03. The van der Waals surface area contributed by atoms with Crippen molar-refractivity contribution in [2.24, 2.45) is 5.92 Å². The van der Waals surface area contributed by atoms with Gasteiger partial charge in [0, 0.05) is 25.1 Å². The van der Waals surface area contributed by atoms with E-state index in [-0.39, 0.29) is 0 Å². The zero-order valence-corrected chi connectivity index (χ0v) is 12.5. The van der Waals surface area contributed by atoms with E-state index in [0.29, 0.717) is 5.92 Å². The third kappa shape index (κ3) is 4.09. The minimum absolute atomic E-state index is 0.602. The van der Waals surface area contributed by atoms with Crippen molar-refractivity contribution in [2.45, 2.75) is 57.8 Å². The first-order valence-electron chi connectivity index (χ1n) is 8.22. The maximum Gasteiger partial charge on any atom is 0.136 e. The van der Waals surface area contributed by atoms with Gasteiger partial charge in [0.1, 0.15) is 17.5 Å². The summed E-state index contributed by atoms with van der Waals surface area (Å²) < 4.78 is 0. The van der Waals surface area contributed by atoms with Gasteiger partial charge in [0.25, 0.3) is 0 Å². The molecule has 2 N–H and O–H groups in total. The van der Waals surface area contributed by atoms with E-state index in [1.807, 2.05) is 0 Å². The van der Waals surface area contributed by atoms with Gasteiger partial charge in [0.15, 0.2) is 0 Å². The smallest absolute Gasteiger partial charge is 0.136 e. The topological polar surface area (TPSA) is 49.8 Å². The Balaban J connectivity index is 1.56. The molecule has 0 bridgehead atoms. The Hall–Kier alpha value is -1.32. The molecule has 1 aromatic rings. The summed E-state index contributed by atoms with van der Waals surface area (Å²) in [7, 11) is 0. The minimum atomic E-state index is 0.602. The Morgan fingerprint density at radius 3 is 2.35 bits per heavy atom. The van der Waals surface area contributed by atoms with Crippen molar-refractivity contribution >= 4 is 11.6 Å². The molecule has 3 rings (SSSR count). The van der Waals surface area contributed by atoms with Crippen LogP contribution >= 0.6 is 0 Å². The van der Waals surface area contributed by atoms with Gasteiger partial charge in [-0.25, -0.2) is 9.97 Å². The Kier molecular flexibility index (Phi) is 4.38. The van der Waals surface area contributed by atoms with Crippen molar-refractivity contribution in [1.29, 1.82) is 0 Å². The van der Waals surface area contributed by atoms with Crippen LogP contribution in [0.3, 0.4) is 0 Å². The van der Waals surface area contributed by atoms with E-state index in [4.69, 9.17) is 0 Å². The molecular weight excluding hydrogens is 248 g/mol. The first-order valence-corrected chi connectivity index (χ1v) is 8.22. The molecule has 0 amide bonds. The SMILES string of the molecule is CCCNc1cc(NCCCC2CC2)nc(C2CC2)n1. The lowest BCUT2D eigenvalue weighted by molar-refractivity contribution is 0.686. The number of hydrogen-bond acceptors (Lipinski definition) is 4. The van der Waals surface area contributed by atoms with Gasteiger partial charge >= 0.3 is 0 Å². The molecule has 0 aliphatic heterocycles. The van der Waals surface area contributed by atoms with Gasteiger partial charge in [0.05, 0.1) is 0 Å². The molecular formula is C16H26N4. The Morgan fingerprint density at radius 2 is 1.75 bits per heavy atom. The number of nitrogens with one attached hydrogen (secondary N) is 2. The van der Waals surface area contributed by atoms with Crippen LogP contribution in [0.2, 0.25) is 0 Å². The van der Waals surface area contributed by atoms with Crippen molar-refractivity contribution in [2.75, 3.05) is 23.7 Å². The summed E-state index contributed by atoms with van der Waals surface area (Å²) >= 11 is 0. The van der Waals surface area contributed by atoms with Gasteiger partial charge in [-0.2, -0.15) is 0 Å². The summed E-state index contributed by atoms with van der Waals surface area (Å²) in [5.41, 5.74) is 0. The molecule has 0 spiro atoms. The molecule has 0 atom stereocenters. The fourth-order valence-electron chi connectivity index (χ4n) is 2.44. The van der Waals surface area contributed by atoms with Gasteiger partial charge in [0.2, 0.25) is 0 Å². The van der Waals surface area contributed by atoms with Crippen LogP contribution in [0.5, 0.6) is 0 Å². The number of aromatic nitrogens is 2. The Bertz CT molecular complexity index is 438. The fourth-order valence-corrected chi connectivity index (χ4v) is 2.44. The van der Waals surface area contributed by atoms with E-state index in [0.717, 1.165) is 42.9 Å². The fraction of sp³-hybridized carbons (Fsp3) is 0.750. The van der Waals surface area contributed by atoms with Crippen LogP contribution < -0.4 is 10.6 Å². The molecule has 1 aromatic heterocycles. The van der Waals surface area contributed by atoms with E-state index < -0.39 is 0 Å². The quantitative estimate of drug-likeness (QED) is 0.673. The van der Waals surface area contributed by atoms with Crippen LogP contribution in [-0.2, 0) is 0 Å². The first-order chi connectivity index (χ1) is 9.85. The van der Waals surface area contributed by atoms with E-state index in [1.54, 1.807) is 0 Å². The second kappa shape index (κ2) is 6.42. The average Bonchev–Trinajstić information content (AvgIpc) is 3.34. The van der Waals surface area contributed by atoms with Crippen LogP contribution in [0.4, 0.5) is 11.6 Å². The molecule has 2 saturated carbocycles. The van der Waals surface area contributed by atoms with Crippen molar-refractivity contribution in [1.82, 2.24) is 9.97 Å². The Labute approximate surface area is 121 Å². The molecule has 0 saturated heterocycles. The highest BCUT2D eigenvalue weighted by molar-refractivity contribution is 5.48. The first kappa shape index (κ1) is 13.7. The molecule has 20 heavy (non-hydrogen) atoms. The van der Waals surface area contributed by atoms with E-state index >= 15 is 0 Å². The summed E-state index contributed by atoms with van der Waals surface area (Å²) in [5.74, 6) is 4.62. The molecule has 1 heterocycles. The zero-order chi connectivity index (χ0) is 13.8. The summed E-state index contributed by atoms with van der Waals surface area (Å²) in [4.78, 5) is 9.31. The highest BCUT2D eigenvalue weighted by atomic mass is 15.1. The van der Waals surface area contributed by atoms with Crippen LogP contribution in [0, 0.1) is 5.92 Å². The summed E-state index contributed by atoms with van der Waals surface area (Å²) in [6, 6.07) is 2.05. The Morgan fingerprint density at radius 1 is 1.05 bits per heavy atom. The zero-order valence-electron chi connectivity index (χ0n) is 12.5. The molecule has 2 fully saturated rings. The van der Waals surface area contributed by atoms with Gasteiger partial charge in [-0.1, -0.05) is 19.8 Å². The maximum absolute atomic E-state index is 4.67. The van der Waals surface area contributed by atoms with Crippen molar-refractivity contribution in [3.8, 4) is 0 Å². The summed E-state index contributed by atoms with van der Waals surface area (Å²) in [6.45, 7) is 4.18. The predicted octanol–water partition coefficient (Wildman–Crippen LogP) is 3.78. The van der Waals surface area contributed by atoms with E-state index in [1.165, 1.54) is 38.5 Å². The van der Waals surface area contributed by atoms with Crippen LogP contribution in [-0.4, -0.2) is 23.1 Å². The largest absolute Gasteiger partial charge is 0.370 e. The lowest BCUT2D eigenvalue weighted by Crippen LogP contribution is -2.09. The summed E-state index contributed by atoms with van der Waals surface area (Å²) in [5, 5.41) is 6.86. The van der Waals surface area contributed by atoms with Crippen molar-refractivity contribution in [3.63, 3.8) is 0 Å². The van der Waals surface area contributed by atoms with E-state index in [9.17, 15) is 0 Å². The van der Waals surface area contributed by atoms with Crippen LogP contribution in [0.1, 0.15) is 63.6 Å². The second-order valence-electron chi connectivity index (χ2n) is 6.21. The highest BCUT2D eigenvalue weighted by Gasteiger charge is 2.27. The summed E-state index contributed by atoms with van der Waals surface area (Å²) in [6.07, 6.45) is 9.14.